The summed E-state index contributed by atoms with van der Waals surface area (Å²) in [6.07, 6.45) is 0. The largest absolute Gasteiger partial charge is 0.355 e. The van der Waals surface area contributed by atoms with E-state index in [0.29, 0.717) is 0 Å². The number of anilines is 2. The van der Waals surface area contributed by atoms with Crippen molar-refractivity contribution in [1.29, 1.82) is 0 Å². The second-order valence-electron chi connectivity index (χ2n) is 11.4. The Bertz CT molecular complexity index is 2390. The van der Waals surface area contributed by atoms with E-state index in [4.69, 9.17) is 0 Å². The van der Waals surface area contributed by atoms with Gasteiger partial charge in [-0.25, -0.2) is 0 Å². The standard InChI is InChI=1S/C38H26BN2S/c1-22-18-29(37-34(19-22)41-33-16-7-4-11-24(33)26-13-9-14-30(39-37)38(26)41)27-20-28-25-12-5-8-17-35(25)42-36(28)21-32(27)40-31-15-6-3-10-23(31)2/h3-21,40H,1-2H3. The lowest BCUT2D eigenvalue weighted by Gasteiger charge is -2.25. The number of rotatable bonds is 3. The van der Waals surface area contributed by atoms with Gasteiger partial charge in [-0.05, 0) is 72.4 Å². The Kier molecular flexibility index (Phi) is 5.03. The number of nitrogens with zero attached hydrogens (tertiary/aromatic N) is 1. The van der Waals surface area contributed by atoms with Crippen LogP contribution in [0.5, 0.6) is 0 Å². The molecule has 2 aromatic heterocycles. The Balaban J connectivity index is 1.37. The molecule has 42 heavy (non-hydrogen) atoms. The maximum atomic E-state index is 3.85. The lowest BCUT2D eigenvalue weighted by atomic mass is 9.59. The summed E-state index contributed by atoms with van der Waals surface area (Å²) in [5.41, 5.74) is 13.5. The summed E-state index contributed by atoms with van der Waals surface area (Å²) in [6.45, 7) is 4.39. The van der Waals surface area contributed by atoms with Gasteiger partial charge >= 0.3 is 0 Å². The van der Waals surface area contributed by atoms with Crippen LogP contribution >= 0.6 is 11.3 Å². The van der Waals surface area contributed by atoms with Crippen LogP contribution in [0.2, 0.25) is 0 Å². The molecule has 0 amide bonds. The molecule has 4 heteroatoms. The van der Waals surface area contributed by atoms with E-state index < -0.39 is 0 Å². The van der Waals surface area contributed by atoms with E-state index in [1.807, 2.05) is 11.3 Å². The topological polar surface area (TPSA) is 17.0 Å². The number of aromatic nitrogens is 1. The molecule has 0 bridgehead atoms. The minimum absolute atomic E-state index is 1.13. The number of thiophene rings is 1. The predicted octanol–water partition coefficient (Wildman–Crippen LogP) is 9.15. The van der Waals surface area contributed by atoms with E-state index >= 15 is 0 Å². The average molecular weight is 554 g/mol. The molecule has 197 valence electrons. The predicted molar refractivity (Wildman–Crippen MR) is 183 cm³/mol. The molecular formula is C38H26BN2S. The molecule has 1 radical (unpaired) electrons. The van der Waals surface area contributed by atoms with E-state index in [0.717, 1.165) is 11.4 Å². The number of nitrogens with one attached hydrogen (secondary N) is 1. The number of hydrogen-bond acceptors (Lipinski definition) is 2. The summed E-state index contributed by atoms with van der Waals surface area (Å²) in [5.74, 6) is 0. The van der Waals surface area contributed by atoms with Crippen molar-refractivity contribution in [3.8, 4) is 16.8 Å². The first-order valence-electron chi connectivity index (χ1n) is 14.4. The minimum Gasteiger partial charge on any atom is -0.355 e. The number of fused-ring (bicyclic) bond motifs is 8. The molecular weight excluding hydrogens is 527 g/mol. The van der Waals surface area contributed by atoms with Crippen LogP contribution in [0.25, 0.3) is 58.8 Å². The van der Waals surface area contributed by atoms with Gasteiger partial charge in [0.25, 0.3) is 0 Å². The molecule has 0 spiro atoms. The highest BCUT2D eigenvalue weighted by molar-refractivity contribution is 7.25. The minimum atomic E-state index is 1.13. The van der Waals surface area contributed by atoms with Gasteiger partial charge in [0.15, 0.2) is 7.28 Å². The molecule has 1 aliphatic rings. The van der Waals surface area contributed by atoms with Gasteiger partial charge in [-0.1, -0.05) is 84.3 Å². The second-order valence-corrected chi connectivity index (χ2v) is 12.5. The first kappa shape index (κ1) is 23.9. The third-order valence-electron chi connectivity index (χ3n) is 8.79. The summed E-state index contributed by atoms with van der Waals surface area (Å²) in [7, 11) is 2.40. The van der Waals surface area contributed by atoms with E-state index in [-0.39, 0.29) is 0 Å². The van der Waals surface area contributed by atoms with Gasteiger partial charge in [0.1, 0.15) is 0 Å². The van der Waals surface area contributed by atoms with Gasteiger partial charge in [0, 0.05) is 59.1 Å². The van der Waals surface area contributed by atoms with Crippen molar-refractivity contribution in [1.82, 2.24) is 4.57 Å². The molecule has 0 atom stereocenters. The van der Waals surface area contributed by atoms with E-state index in [9.17, 15) is 0 Å². The highest BCUT2D eigenvalue weighted by atomic mass is 32.1. The molecule has 0 saturated carbocycles. The average Bonchev–Trinajstić information content (AvgIpc) is 3.55. The number of para-hydroxylation sites is 3. The normalized spacial score (nSPS) is 12.2. The quantitative estimate of drug-likeness (QED) is 0.216. The summed E-state index contributed by atoms with van der Waals surface area (Å²) in [5, 5.41) is 9.08. The van der Waals surface area contributed by atoms with E-state index in [1.165, 1.54) is 80.8 Å². The van der Waals surface area contributed by atoms with Gasteiger partial charge < -0.3 is 9.88 Å². The molecule has 6 aromatic carbocycles. The first-order valence-corrected chi connectivity index (χ1v) is 15.3. The van der Waals surface area contributed by atoms with Crippen LogP contribution in [0.4, 0.5) is 11.4 Å². The molecule has 2 nitrogen and oxygen atoms in total. The fraction of sp³-hybridized carbons (Fsp3) is 0.0526. The molecule has 0 saturated heterocycles. The third kappa shape index (κ3) is 3.39. The number of hydrogen-bond donors (Lipinski definition) is 1. The highest BCUT2D eigenvalue weighted by Crippen LogP contribution is 2.42. The molecule has 3 heterocycles. The van der Waals surface area contributed by atoms with Gasteiger partial charge in [0.2, 0.25) is 0 Å². The van der Waals surface area contributed by atoms with Crippen molar-refractivity contribution in [2.24, 2.45) is 0 Å². The molecule has 8 aromatic rings. The molecule has 0 unspecified atom stereocenters. The molecule has 0 aliphatic carbocycles. The van der Waals surface area contributed by atoms with Crippen LogP contribution in [0.3, 0.4) is 0 Å². The van der Waals surface area contributed by atoms with Crippen LogP contribution in [-0.2, 0) is 0 Å². The monoisotopic (exact) mass is 553 g/mol. The Morgan fingerprint density at radius 3 is 2.31 bits per heavy atom. The number of benzene rings is 6. The zero-order valence-corrected chi connectivity index (χ0v) is 24.2. The smallest absolute Gasteiger partial charge is 0.197 e. The Morgan fingerprint density at radius 1 is 0.619 bits per heavy atom. The van der Waals surface area contributed by atoms with E-state index in [1.54, 1.807) is 0 Å². The maximum Gasteiger partial charge on any atom is 0.197 e. The van der Waals surface area contributed by atoms with Gasteiger partial charge in [-0.2, -0.15) is 0 Å². The molecule has 9 rings (SSSR count). The summed E-state index contributed by atoms with van der Waals surface area (Å²) in [6, 6.07) is 42.3. The number of aryl methyl sites for hydroxylation is 2. The molecule has 1 aliphatic heterocycles. The first-order chi connectivity index (χ1) is 20.6. The fourth-order valence-corrected chi connectivity index (χ4v) is 7.99. The lowest BCUT2D eigenvalue weighted by molar-refractivity contribution is 1.18. The van der Waals surface area contributed by atoms with Crippen LogP contribution in [0.1, 0.15) is 11.1 Å². The SMILES string of the molecule is Cc1cc(-c2cc3c(cc2Nc2ccccc2C)sc2ccccc23)c2c(c1)-n1c3ccccc3c3cccc(c31)[B]2. The second kappa shape index (κ2) is 8.85. The van der Waals surface area contributed by atoms with Crippen LogP contribution in [-0.4, -0.2) is 11.8 Å². The Labute approximate surface area is 249 Å². The van der Waals surface area contributed by atoms with Gasteiger partial charge in [0.05, 0.1) is 5.52 Å². The van der Waals surface area contributed by atoms with Crippen molar-refractivity contribution in [3.05, 3.63) is 126 Å². The van der Waals surface area contributed by atoms with Crippen LogP contribution in [0, 0.1) is 13.8 Å². The van der Waals surface area contributed by atoms with Crippen molar-refractivity contribution in [2.45, 2.75) is 13.8 Å². The zero-order chi connectivity index (χ0) is 27.9. The lowest BCUT2D eigenvalue weighted by Crippen LogP contribution is -2.37. The fourth-order valence-electron chi connectivity index (χ4n) is 6.86. The van der Waals surface area contributed by atoms with Crippen LogP contribution < -0.4 is 16.2 Å². The summed E-state index contributed by atoms with van der Waals surface area (Å²) in [4.78, 5) is 0. The van der Waals surface area contributed by atoms with E-state index in [2.05, 4.69) is 146 Å². The van der Waals surface area contributed by atoms with Crippen LogP contribution in [0.15, 0.2) is 115 Å². The van der Waals surface area contributed by atoms with Crippen molar-refractivity contribution >= 4 is 82.9 Å². The van der Waals surface area contributed by atoms with Crippen molar-refractivity contribution in [3.63, 3.8) is 0 Å². The van der Waals surface area contributed by atoms with Gasteiger partial charge in [-0.15, -0.1) is 11.3 Å². The van der Waals surface area contributed by atoms with Crippen molar-refractivity contribution < 1.29 is 0 Å². The molecule has 1 N–H and O–H groups in total. The Morgan fingerprint density at radius 2 is 1.40 bits per heavy atom. The third-order valence-corrected chi connectivity index (χ3v) is 9.92. The molecule has 0 fully saturated rings. The Hall–Kier alpha value is -4.80. The summed E-state index contributed by atoms with van der Waals surface area (Å²) >= 11 is 1.86. The zero-order valence-electron chi connectivity index (χ0n) is 23.4. The van der Waals surface area contributed by atoms with Gasteiger partial charge in [-0.3, -0.25) is 0 Å². The van der Waals surface area contributed by atoms with Crippen molar-refractivity contribution in [2.75, 3.05) is 5.32 Å². The maximum absolute atomic E-state index is 3.85. The highest BCUT2D eigenvalue weighted by Gasteiger charge is 2.26. The summed E-state index contributed by atoms with van der Waals surface area (Å²) < 4.78 is 5.10.